The minimum atomic E-state index is 0.0558. The fourth-order valence-corrected chi connectivity index (χ4v) is 4.46. The maximum absolute atomic E-state index is 13.1. The van der Waals surface area contributed by atoms with Crippen LogP contribution in [0, 0.1) is 18.8 Å². The molecule has 2 aromatic rings. The lowest BCUT2D eigenvalue weighted by molar-refractivity contribution is 0.0684. The molecule has 0 aliphatic carbocycles. The minimum absolute atomic E-state index is 0.0558. The lowest BCUT2D eigenvalue weighted by Crippen LogP contribution is -2.40. The second-order valence-corrected chi connectivity index (χ2v) is 8.79. The van der Waals surface area contributed by atoms with Crippen LogP contribution in [0.1, 0.15) is 54.4 Å². The minimum Gasteiger partial charge on any atom is -0.341 e. The van der Waals surface area contributed by atoms with Gasteiger partial charge in [0.1, 0.15) is 5.69 Å². The molecule has 0 spiro atoms. The molecule has 3 heterocycles. The van der Waals surface area contributed by atoms with Gasteiger partial charge in [-0.2, -0.15) is 0 Å². The van der Waals surface area contributed by atoms with E-state index in [-0.39, 0.29) is 5.91 Å². The highest BCUT2D eigenvalue weighted by atomic mass is 16.2. The Hall–Kier alpha value is -2.43. The van der Waals surface area contributed by atoms with Crippen LogP contribution in [0.4, 0.5) is 5.95 Å². The van der Waals surface area contributed by atoms with Crippen molar-refractivity contribution in [2.24, 2.45) is 11.8 Å². The van der Waals surface area contributed by atoms with Gasteiger partial charge in [0.05, 0.1) is 0 Å². The van der Waals surface area contributed by atoms with Gasteiger partial charge in [0.25, 0.3) is 5.91 Å². The second-order valence-electron chi connectivity index (χ2n) is 8.79. The molecule has 2 fully saturated rings. The van der Waals surface area contributed by atoms with Gasteiger partial charge in [-0.15, -0.1) is 0 Å². The van der Waals surface area contributed by atoms with Crippen LogP contribution in [-0.2, 0) is 6.42 Å². The van der Waals surface area contributed by atoms with Gasteiger partial charge in [-0.05, 0) is 62.5 Å². The van der Waals surface area contributed by atoms with E-state index in [1.165, 1.54) is 5.56 Å². The summed E-state index contributed by atoms with van der Waals surface area (Å²) < 4.78 is 0. The molecule has 2 saturated heterocycles. The van der Waals surface area contributed by atoms with E-state index < -0.39 is 0 Å². The lowest BCUT2D eigenvalue weighted by atomic mass is 9.90. The molecule has 1 amide bonds. The van der Waals surface area contributed by atoms with Crippen molar-refractivity contribution >= 4 is 11.9 Å². The third-order valence-corrected chi connectivity index (χ3v) is 6.40. The molecule has 4 rings (SSSR count). The lowest BCUT2D eigenvalue weighted by Gasteiger charge is -2.33. The number of nitrogens with zero attached hydrogens (tertiary/aromatic N) is 4. The summed E-state index contributed by atoms with van der Waals surface area (Å²) in [6.45, 7) is 7.84. The molecule has 29 heavy (non-hydrogen) atoms. The average Bonchev–Trinajstić information content (AvgIpc) is 2.74. The monoisotopic (exact) mass is 392 g/mol. The van der Waals surface area contributed by atoms with E-state index in [1.807, 2.05) is 17.9 Å². The van der Waals surface area contributed by atoms with Gasteiger partial charge in [0.15, 0.2) is 0 Å². The van der Waals surface area contributed by atoms with E-state index in [0.717, 1.165) is 75.8 Å². The van der Waals surface area contributed by atoms with E-state index in [4.69, 9.17) is 0 Å². The Morgan fingerprint density at radius 1 is 1.00 bits per heavy atom. The number of likely N-dealkylation sites (tertiary alicyclic amines) is 1. The van der Waals surface area contributed by atoms with Gasteiger partial charge in [-0.25, -0.2) is 9.97 Å². The first-order chi connectivity index (χ1) is 14.1. The zero-order chi connectivity index (χ0) is 20.2. The molecule has 2 aliphatic rings. The number of carbonyl (C=O) groups excluding carboxylic acids is 1. The molecule has 0 unspecified atom stereocenters. The molecule has 0 N–H and O–H groups in total. The van der Waals surface area contributed by atoms with E-state index >= 15 is 0 Å². The van der Waals surface area contributed by atoms with Gasteiger partial charge in [-0.1, -0.05) is 37.3 Å². The normalized spacial score (nSPS) is 18.8. The Labute approximate surface area is 174 Å². The van der Waals surface area contributed by atoms with Crippen molar-refractivity contribution < 1.29 is 4.79 Å². The Morgan fingerprint density at radius 2 is 1.69 bits per heavy atom. The summed E-state index contributed by atoms with van der Waals surface area (Å²) in [4.78, 5) is 26.6. The van der Waals surface area contributed by atoms with E-state index in [2.05, 4.69) is 52.1 Å². The third kappa shape index (κ3) is 4.95. The molecule has 1 aromatic carbocycles. The molecular formula is C24H32N4O. The number of hydrogen-bond acceptors (Lipinski definition) is 4. The summed E-state index contributed by atoms with van der Waals surface area (Å²) >= 11 is 0. The van der Waals surface area contributed by atoms with Crippen LogP contribution in [0.3, 0.4) is 0 Å². The fraction of sp³-hybridized carbons (Fsp3) is 0.542. The largest absolute Gasteiger partial charge is 0.341 e. The van der Waals surface area contributed by atoms with Crippen molar-refractivity contribution in [1.29, 1.82) is 0 Å². The molecule has 0 atom stereocenters. The number of aryl methyl sites for hydroxylation is 1. The summed E-state index contributed by atoms with van der Waals surface area (Å²) in [5.41, 5.74) is 2.81. The summed E-state index contributed by atoms with van der Waals surface area (Å²) in [6.07, 6.45) is 5.54. The van der Waals surface area contributed by atoms with Crippen LogP contribution < -0.4 is 4.90 Å². The number of hydrogen-bond donors (Lipinski definition) is 0. The van der Waals surface area contributed by atoms with Gasteiger partial charge in [-0.3, -0.25) is 4.79 Å². The van der Waals surface area contributed by atoms with Gasteiger partial charge >= 0.3 is 0 Å². The van der Waals surface area contributed by atoms with Crippen LogP contribution in [0.5, 0.6) is 0 Å². The molecule has 0 radical (unpaired) electrons. The zero-order valence-electron chi connectivity index (χ0n) is 17.7. The predicted molar refractivity (Wildman–Crippen MR) is 116 cm³/mol. The van der Waals surface area contributed by atoms with Crippen molar-refractivity contribution in [2.75, 3.05) is 31.1 Å². The summed E-state index contributed by atoms with van der Waals surface area (Å²) in [5, 5.41) is 0. The van der Waals surface area contributed by atoms with Crippen molar-refractivity contribution in [2.45, 2.75) is 46.0 Å². The van der Waals surface area contributed by atoms with Crippen LogP contribution in [0.2, 0.25) is 0 Å². The molecule has 0 saturated carbocycles. The Kier molecular flexibility index (Phi) is 6.12. The topological polar surface area (TPSA) is 49.3 Å². The quantitative estimate of drug-likeness (QED) is 0.785. The maximum Gasteiger partial charge on any atom is 0.272 e. The van der Waals surface area contributed by atoms with E-state index in [0.29, 0.717) is 11.6 Å². The number of piperidine rings is 2. The van der Waals surface area contributed by atoms with Crippen molar-refractivity contribution in [3.05, 3.63) is 53.3 Å². The standard InChI is InChI=1S/C24H32N4O/c1-18-8-12-28(13-9-18)24-25-19(2)16-22(26-24)23(29)27-14-10-21(11-15-27)17-20-6-4-3-5-7-20/h3-7,16,18,21H,8-15,17H2,1-2H3. The third-order valence-electron chi connectivity index (χ3n) is 6.40. The first-order valence-electron chi connectivity index (χ1n) is 11.0. The number of aromatic nitrogens is 2. The van der Waals surface area contributed by atoms with Crippen LogP contribution >= 0.6 is 0 Å². The molecule has 154 valence electrons. The second kappa shape index (κ2) is 8.93. The van der Waals surface area contributed by atoms with Crippen molar-refractivity contribution in [3.8, 4) is 0 Å². The van der Waals surface area contributed by atoms with E-state index in [1.54, 1.807) is 0 Å². The Balaban J connectivity index is 1.38. The Morgan fingerprint density at radius 3 is 2.38 bits per heavy atom. The maximum atomic E-state index is 13.1. The number of anilines is 1. The molecule has 5 heteroatoms. The highest BCUT2D eigenvalue weighted by Crippen LogP contribution is 2.24. The zero-order valence-corrected chi connectivity index (χ0v) is 17.7. The van der Waals surface area contributed by atoms with E-state index in [9.17, 15) is 4.79 Å². The Bertz CT molecular complexity index is 822. The van der Waals surface area contributed by atoms with Gasteiger partial charge < -0.3 is 9.80 Å². The first-order valence-corrected chi connectivity index (χ1v) is 11.0. The summed E-state index contributed by atoms with van der Waals surface area (Å²) in [7, 11) is 0. The highest BCUT2D eigenvalue weighted by Gasteiger charge is 2.26. The summed E-state index contributed by atoms with van der Waals surface area (Å²) in [5.74, 6) is 2.19. The average molecular weight is 393 g/mol. The SMILES string of the molecule is Cc1cc(C(=O)N2CCC(Cc3ccccc3)CC2)nc(N2CCC(C)CC2)n1. The summed E-state index contributed by atoms with van der Waals surface area (Å²) in [6, 6.07) is 12.5. The fourth-order valence-electron chi connectivity index (χ4n) is 4.46. The number of rotatable bonds is 4. The molecule has 1 aromatic heterocycles. The van der Waals surface area contributed by atoms with Crippen LogP contribution in [0.25, 0.3) is 0 Å². The highest BCUT2D eigenvalue weighted by molar-refractivity contribution is 5.92. The van der Waals surface area contributed by atoms with Gasteiger partial charge in [0, 0.05) is 31.9 Å². The predicted octanol–water partition coefficient (Wildman–Crippen LogP) is 4.12. The smallest absolute Gasteiger partial charge is 0.272 e. The number of amides is 1. The number of carbonyl (C=O) groups is 1. The molecule has 5 nitrogen and oxygen atoms in total. The van der Waals surface area contributed by atoms with Crippen LogP contribution in [-0.4, -0.2) is 47.0 Å². The van der Waals surface area contributed by atoms with Gasteiger partial charge in [0.2, 0.25) is 5.95 Å². The molecule has 2 aliphatic heterocycles. The molecular weight excluding hydrogens is 360 g/mol. The first kappa shape index (κ1) is 19.9. The van der Waals surface area contributed by atoms with Crippen LogP contribution in [0.15, 0.2) is 36.4 Å². The van der Waals surface area contributed by atoms with Crippen molar-refractivity contribution in [3.63, 3.8) is 0 Å². The number of benzene rings is 1. The molecule has 0 bridgehead atoms. The van der Waals surface area contributed by atoms with Crippen molar-refractivity contribution in [1.82, 2.24) is 14.9 Å².